The number of fused-ring (bicyclic) bond motifs is 1. The zero-order valence-electron chi connectivity index (χ0n) is 16.7. The fourth-order valence-corrected chi connectivity index (χ4v) is 3.24. The van der Waals surface area contributed by atoms with E-state index in [4.69, 9.17) is 10.8 Å². The number of rotatable bonds is 7. The van der Waals surface area contributed by atoms with Gasteiger partial charge in [0.2, 0.25) is 5.95 Å². The average Bonchev–Trinajstić information content (AvgIpc) is 3.39. The van der Waals surface area contributed by atoms with Crippen molar-refractivity contribution in [2.24, 2.45) is 5.73 Å². The molecule has 29 heavy (non-hydrogen) atoms. The van der Waals surface area contributed by atoms with Crippen LogP contribution >= 0.6 is 0 Å². The molecule has 0 atom stereocenters. The van der Waals surface area contributed by atoms with Crippen LogP contribution in [0.4, 0.5) is 11.8 Å². The number of pyridine rings is 1. The van der Waals surface area contributed by atoms with Crippen molar-refractivity contribution in [1.82, 2.24) is 24.7 Å². The summed E-state index contributed by atoms with van der Waals surface area (Å²) < 4.78 is 1.79. The minimum absolute atomic E-state index is 0.0347. The minimum atomic E-state index is -0.549. The van der Waals surface area contributed by atoms with Gasteiger partial charge >= 0.3 is 0 Å². The van der Waals surface area contributed by atoms with Gasteiger partial charge in [0.05, 0.1) is 17.8 Å². The molecule has 4 heterocycles. The highest BCUT2D eigenvalue weighted by molar-refractivity contribution is 5.79. The van der Waals surface area contributed by atoms with Crippen molar-refractivity contribution in [3.8, 4) is 22.5 Å². The topological polar surface area (TPSA) is 127 Å². The number of nitrogens with two attached hydrogens (primary N) is 1. The fraction of sp³-hybridized carbons (Fsp3) is 0.400. The summed E-state index contributed by atoms with van der Waals surface area (Å²) in [6.45, 7) is 5.82. The second-order valence-corrected chi connectivity index (χ2v) is 7.70. The maximum atomic E-state index is 9.83. The predicted molar refractivity (Wildman–Crippen MR) is 113 cm³/mol. The van der Waals surface area contributed by atoms with Gasteiger partial charge in [0.15, 0.2) is 0 Å². The molecule has 9 nitrogen and oxygen atoms in total. The van der Waals surface area contributed by atoms with E-state index < -0.39 is 5.54 Å². The summed E-state index contributed by atoms with van der Waals surface area (Å²) in [5.74, 6) is 1.45. The third kappa shape index (κ3) is 3.79. The first-order valence-corrected chi connectivity index (χ1v) is 9.73. The normalized spacial score (nSPS) is 13.2. The van der Waals surface area contributed by atoms with Crippen molar-refractivity contribution >= 4 is 11.8 Å². The summed E-state index contributed by atoms with van der Waals surface area (Å²) in [7, 11) is 0. The summed E-state index contributed by atoms with van der Waals surface area (Å²) in [4.78, 5) is 13.4. The highest BCUT2D eigenvalue weighted by Crippen LogP contribution is 2.34. The second kappa shape index (κ2) is 7.76. The Labute approximate surface area is 169 Å². The molecule has 0 unspecified atom stereocenters. The molecule has 1 aliphatic heterocycles. The van der Waals surface area contributed by atoms with Gasteiger partial charge in [-0.3, -0.25) is 4.68 Å². The lowest BCUT2D eigenvalue weighted by Gasteiger charge is -2.22. The Bertz CT molecular complexity index is 1010. The van der Waals surface area contributed by atoms with Gasteiger partial charge in [0.1, 0.15) is 11.5 Å². The Morgan fingerprint density at radius 2 is 2.21 bits per heavy atom. The van der Waals surface area contributed by atoms with E-state index in [1.165, 1.54) is 5.56 Å². The van der Waals surface area contributed by atoms with E-state index in [2.05, 4.69) is 31.7 Å². The van der Waals surface area contributed by atoms with Gasteiger partial charge in [-0.05, 0) is 38.0 Å². The molecule has 152 valence electrons. The molecular weight excluding hydrogens is 368 g/mol. The zero-order chi connectivity index (χ0) is 20.4. The first kappa shape index (κ1) is 19.3. The minimum Gasteiger partial charge on any atom is -0.394 e. The zero-order valence-corrected chi connectivity index (χ0v) is 16.7. The van der Waals surface area contributed by atoms with E-state index in [1.54, 1.807) is 10.9 Å². The largest absolute Gasteiger partial charge is 0.394 e. The Morgan fingerprint density at radius 1 is 1.34 bits per heavy atom. The summed E-state index contributed by atoms with van der Waals surface area (Å²) in [6, 6.07) is 3.98. The lowest BCUT2D eigenvalue weighted by molar-refractivity contribution is 0.152. The number of hydrogen-bond donors (Lipinski definition) is 4. The predicted octanol–water partition coefficient (Wildman–Crippen LogP) is 1.47. The Balaban J connectivity index is 1.82. The SMILES string of the molecule is CC(C)(CO)n1cc(-c2ccnc(NCCN)n2)c(-c2cnc3c(c2)CCN3)n1. The van der Waals surface area contributed by atoms with Gasteiger partial charge in [-0.15, -0.1) is 0 Å². The highest BCUT2D eigenvalue weighted by atomic mass is 16.3. The Hall–Kier alpha value is -3.04. The van der Waals surface area contributed by atoms with E-state index >= 15 is 0 Å². The van der Waals surface area contributed by atoms with E-state index in [1.807, 2.05) is 32.3 Å². The van der Waals surface area contributed by atoms with E-state index in [9.17, 15) is 5.11 Å². The smallest absolute Gasteiger partial charge is 0.223 e. The first-order valence-electron chi connectivity index (χ1n) is 9.73. The van der Waals surface area contributed by atoms with E-state index in [0.717, 1.165) is 41.3 Å². The standard InChI is InChI=1S/C20H26N8O/c1-20(2,12-29)28-11-15(16-4-7-23-19(26-16)24-8-5-21)17(27-28)14-9-13-3-6-22-18(13)25-10-14/h4,7,9-11,29H,3,5-6,8,12,21H2,1-2H3,(H,22,25)(H,23,24,26). The number of aliphatic hydroxyl groups is 1. The molecule has 5 N–H and O–H groups in total. The molecule has 0 amide bonds. The summed E-state index contributed by atoms with van der Waals surface area (Å²) in [5, 5.41) is 21.0. The van der Waals surface area contributed by atoms with Crippen LogP contribution in [0.5, 0.6) is 0 Å². The summed E-state index contributed by atoms with van der Waals surface area (Å²) in [6.07, 6.45) is 6.40. The third-order valence-corrected chi connectivity index (χ3v) is 5.01. The Morgan fingerprint density at radius 3 is 3.00 bits per heavy atom. The fourth-order valence-electron chi connectivity index (χ4n) is 3.24. The van der Waals surface area contributed by atoms with Crippen LogP contribution in [-0.2, 0) is 12.0 Å². The highest BCUT2D eigenvalue weighted by Gasteiger charge is 2.25. The van der Waals surface area contributed by atoms with Crippen molar-refractivity contribution in [1.29, 1.82) is 0 Å². The number of aliphatic hydroxyl groups excluding tert-OH is 1. The molecular formula is C20H26N8O. The number of hydrogen-bond acceptors (Lipinski definition) is 8. The molecule has 9 heteroatoms. The summed E-state index contributed by atoms with van der Waals surface area (Å²) in [5.41, 5.74) is 9.50. The molecule has 0 saturated heterocycles. The van der Waals surface area contributed by atoms with Crippen LogP contribution < -0.4 is 16.4 Å². The second-order valence-electron chi connectivity index (χ2n) is 7.70. The molecule has 0 bridgehead atoms. The molecule has 0 radical (unpaired) electrons. The van der Waals surface area contributed by atoms with Crippen molar-refractivity contribution in [3.63, 3.8) is 0 Å². The molecule has 4 rings (SSSR count). The van der Waals surface area contributed by atoms with Gasteiger partial charge in [0.25, 0.3) is 0 Å². The van der Waals surface area contributed by atoms with Crippen LogP contribution in [0.25, 0.3) is 22.5 Å². The van der Waals surface area contributed by atoms with Gasteiger partial charge in [-0.2, -0.15) is 5.10 Å². The van der Waals surface area contributed by atoms with E-state index in [0.29, 0.717) is 19.0 Å². The van der Waals surface area contributed by atoms with Crippen LogP contribution in [-0.4, -0.2) is 56.1 Å². The average molecular weight is 394 g/mol. The van der Waals surface area contributed by atoms with Gasteiger partial charge in [0, 0.05) is 49.4 Å². The van der Waals surface area contributed by atoms with Crippen molar-refractivity contribution in [2.45, 2.75) is 25.8 Å². The Kier molecular flexibility index (Phi) is 5.16. The lowest BCUT2D eigenvalue weighted by Crippen LogP contribution is -2.30. The van der Waals surface area contributed by atoms with Gasteiger partial charge < -0.3 is 21.5 Å². The molecule has 0 fully saturated rings. The van der Waals surface area contributed by atoms with Gasteiger partial charge in [-0.25, -0.2) is 15.0 Å². The number of aromatic nitrogens is 5. The molecule has 0 saturated carbocycles. The van der Waals surface area contributed by atoms with Crippen molar-refractivity contribution < 1.29 is 5.11 Å². The van der Waals surface area contributed by atoms with Crippen LogP contribution in [0, 0.1) is 0 Å². The van der Waals surface area contributed by atoms with Gasteiger partial charge in [-0.1, -0.05) is 0 Å². The van der Waals surface area contributed by atoms with Crippen molar-refractivity contribution in [3.05, 3.63) is 36.3 Å². The molecule has 3 aromatic heterocycles. The van der Waals surface area contributed by atoms with Crippen LogP contribution in [0.2, 0.25) is 0 Å². The lowest BCUT2D eigenvalue weighted by atomic mass is 10.0. The molecule has 0 aromatic carbocycles. The number of nitrogens with one attached hydrogen (secondary N) is 2. The monoisotopic (exact) mass is 394 g/mol. The van der Waals surface area contributed by atoms with E-state index in [-0.39, 0.29) is 6.61 Å². The van der Waals surface area contributed by atoms with Crippen molar-refractivity contribution in [2.75, 3.05) is 36.9 Å². The van der Waals surface area contributed by atoms with Crippen LogP contribution in [0.3, 0.4) is 0 Å². The molecule has 3 aromatic rings. The quantitative estimate of drug-likeness (QED) is 0.474. The maximum absolute atomic E-state index is 9.83. The number of anilines is 2. The third-order valence-electron chi connectivity index (χ3n) is 5.01. The maximum Gasteiger partial charge on any atom is 0.223 e. The van der Waals surface area contributed by atoms with Crippen LogP contribution in [0.15, 0.2) is 30.7 Å². The summed E-state index contributed by atoms with van der Waals surface area (Å²) >= 11 is 0. The number of nitrogens with zero attached hydrogens (tertiary/aromatic N) is 5. The van der Waals surface area contributed by atoms with Crippen LogP contribution in [0.1, 0.15) is 19.4 Å². The first-order chi connectivity index (χ1) is 14.0. The molecule has 0 spiro atoms. The molecule has 1 aliphatic rings. The molecule has 0 aliphatic carbocycles.